The van der Waals surface area contributed by atoms with Crippen molar-refractivity contribution >= 4 is 11.6 Å². The first kappa shape index (κ1) is 15.1. The molecule has 0 saturated heterocycles. The molecule has 0 amide bonds. The Morgan fingerprint density at radius 2 is 1.75 bits per heavy atom. The average molecular weight is 289 g/mol. The average Bonchev–Trinajstić information content (AvgIpc) is 2.48. The molecular formula is C18H21ClO. The first-order valence-corrected chi connectivity index (χ1v) is 7.35. The van der Waals surface area contributed by atoms with E-state index < -0.39 is 0 Å². The SMILES string of the molecule is COCCc1ccc(C(Cl)c2cccc(C)c2C)cc1. The van der Waals surface area contributed by atoms with Crippen molar-refractivity contribution in [1.29, 1.82) is 0 Å². The third-order valence-corrected chi connectivity index (χ3v) is 4.27. The van der Waals surface area contributed by atoms with E-state index in [1.807, 2.05) is 0 Å². The van der Waals surface area contributed by atoms with Crippen LogP contribution in [0.2, 0.25) is 0 Å². The summed E-state index contributed by atoms with van der Waals surface area (Å²) in [6.45, 7) is 5.00. The molecule has 0 N–H and O–H groups in total. The van der Waals surface area contributed by atoms with E-state index in [0.29, 0.717) is 0 Å². The first-order valence-electron chi connectivity index (χ1n) is 6.91. The summed E-state index contributed by atoms with van der Waals surface area (Å²) < 4.78 is 5.10. The maximum absolute atomic E-state index is 6.64. The van der Waals surface area contributed by atoms with Crippen molar-refractivity contribution in [3.63, 3.8) is 0 Å². The van der Waals surface area contributed by atoms with E-state index in [-0.39, 0.29) is 5.38 Å². The van der Waals surface area contributed by atoms with Crippen molar-refractivity contribution < 1.29 is 4.74 Å². The molecule has 20 heavy (non-hydrogen) atoms. The topological polar surface area (TPSA) is 9.23 Å². The quantitative estimate of drug-likeness (QED) is 0.717. The zero-order valence-electron chi connectivity index (χ0n) is 12.3. The molecule has 0 bridgehead atoms. The molecule has 1 atom stereocenters. The smallest absolute Gasteiger partial charge is 0.0838 e. The van der Waals surface area contributed by atoms with Crippen molar-refractivity contribution in [3.05, 3.63) is 70.3 Å². The fourth-order valence-corrected chi connectivity index (χ4v) is 2.68. The molecule has 0 saturated carbocycles. The third-order valence-electron chi connectivity index (χ3n) is 3.79. The predicted octanol–water partition coefficient (Wildman–Crippen LogP) is 4.82. The molecule has 0 aliphatic carbocycles. The molecule has 2 heteroatoms. The lowest BCUT2D eigenvalue weighted by Crippen LogP contribution is -1.99. The molecule has 0 heterocycles. The van der Waals surface area contributed by atoms with E-state index in [0.717, 1.165) is 18.6 Å². The molecule has 0 aromatic heterocycles. The molecule has 0 aliphatic heterocycles. The second-order valence-electron chi connectivity index (χ2n) is 5.14. The standard InChI is InChI=1S/C18H21ClO/c1-13-5-4-6-17(14(13)2)18(19)16-9-7-15(8-10-16)11-12-20-3/h4-10,18H,11-12H2,1-3H3. The van der Waals surface area contributed by atoms with Crippen LogP contribution in [0, 0.1) is 13.8 Å². The van der Waals surface area contributed by atoms with Gasteiger partial charge in [-0.05, 0) is 48.1 Å². The van der Waals surface area contributed by atoms with Gasteiger partial charge in [-0.2, -0.15) is 0 Å². The number of rotatable bonds is 5. The Morgan fingerprint density at radius 3 is 2.40 bits per heavy atom. The van der Waals surface area contributed by atoms with Crippen LogP contribution in [0.5, 0.6) is 0 Å². The Morgan fingerprint density at radius 1 is 1.05 bits per heavy atom. The van der Waals surface area contributed by atoms with Crippen LogP contribution < -0.4 is 0 Å². The highest BCUT2D eigenvalue weighted by Crippen LogP contribution is 2.32. The molecule has 2 aromatic carbocycles. The van der Waals surface area contributed by atoms with E-state index in [1.54, 1.807) is 7.11 Å². The normalized spacial score (nSPS) is 12.4. The maximum atomic E-state index is 6.64. The lowest BCUT2D eigenvalue weighted by molar-refractivity contribution is 0.202. The minimum absolute atomic E-state index is 0.0913. The van der Waals surface area contributed by atoms with Crippen molar-refractivity contribution in [3.8, 4) is 0 Å². The number of ether oxygens (including phenoxy) is 1. The van der Waals surface area contributed by atoms with Gasteiger partial charge in [0.05, 0.1) is 12.0 Å². The van der Waals surface area contributed by atoms with Crippen LogP contribution in [0.15, 0.2) is 42.5 Å². The molecule has 1 unspecified atom stereocenters. The van der Waals surface area contributed by atoms with Crippen LogP contribution in [0.4, 0.5) is 0 Å². The van der Waals surface area contributed by atoms with Crippen molar-refractivity contribution in [2.75, 3.05) is 13.7 Å². The summed E-state index contributed by atoms with van der Waals surface area (Å²) >= 11 is 6.64. The van der Waals surface area contributed by atoms with Gasteiger partial charge in [-0.1, -0.05) is 42.5 Å². The van der Waals surface area contributed by atoms with E-state index in [1.165, 1.54) is 22.3 Å². The summed E-state index contributed by atoms with van der Waals surface area (Å²) in [6.07, 6.45) is 0.938. The number of aryl methyl sites for hydroxylation is 1. The molecular weight excluding hydrogens is 268 g/mol. The Kier molecular flexibility index (Phi) is 5.22. The summed E-state index contributed by atoms with van der Waals surface area (Å²) in [5.41, 5.74) is 6.17. The van der Waals surface area contributed by atoms with Crippen LogP contribution >= 0.6 is 11.6 Å². The molecule has 0 aliphatic rings. The second-order valence-corrected chi connectivity index (χ2v) is 5.57. The molecule has 106 valence electrons. The minimum atomic E-state index is -0.0913. The lowest BCUT2D eigenvalue weighted by atomic mass is 9.96. The number of methoxy groups -OCH3 is 1. The number of benzene rings is 2. The monoisotopic (exact) mass is 288 g/mol. The van der Waals surface area contributed by atoms with Gasteiger partial charge >= 0.3 is 0 Å². The lowest BCUT2D eigenvalue weighted by Gasteiger charge is -2.15. The van der Waals surface area contributed by atoms with Crippen molar-refractivity contribution in [2.24, 2.45) is 0 Å². The van der Waals surface area contributed by atoms with Gasteiger partial charge in [0, 0.05) is 7.11 Å². The number of hydrogen-bond donors (Lipinski definition) is 0. The van der Waals surface area contributed by atoms with Crippen LogP contribution in [-0.2, 0) is 11.2 Å². The molecule has 0 spiro atoms. The number of alkyl halides is 1. The fraction of sp³-hybridized carbons (Fsp3) is 0.333. The van der Waals surface area contributed by atoms with E-state index in [4.69, 9.17) is 16.3 Å². The minimum Gasteiger partial charge on any atom is -0.384 e. The first-order chi connectivity index (χ1) is 9.63. The second kappa shape index (κ2) is 6.92. The van der Waals surface area contributed by atoms with Crippen LogP contribution in [0.1, 0.15) is 33.2 Å². The molecule has 2 aromatic rings. The molecule has 2 rings (SSSR count). The van der Waals surface area contributed by atoms with Gasteiger partial charge in [-0.15, -0.1) is 11.6 Å². The summed E-state index contributed by atoms with van der Waals surface area (Å²) in [5.74, 6) is 0. The van der Waals surface area contributed by atoms with Crippen molar-refractivity contribution in [2.45, 2.75) is 25.6 Å². The van der Waals surface area contributed by atoms with Gasteiger partial charge in [-0.3, -0.25) is 0 Å². The number of halogens is 1. The van der Waals surface area contributed by atoms with Gasteiger partial charge in [0.25, 0.3) is 0 Å². The Balaban J connectivity index is 2.20. The largest absolute Gasteiger partial charge is 0.384 e. The van der Waals surface area contributed by atoms with E-state index >= 15 is 0 Å². The van der Waals surface area contributed by atoms with Gasteiger partial charge in [0.1, 0.15) is 0 Å². The van der Waals surface area contributed by atoms with E-state index in [2.05, 4.69) is 56.3 Å². The van der Waals surface area contributed by atoms with Crippen LogP contribution in [0.3, 0.4) is 0 Å². The zero-order valence-corrected chi connectivity index (χ0v) is 13.1. The predicted molar refractivity (Wildman–Crippen MR) is 85.6 cm³/mol. The van der Waals surface area contributed by atoms with E-state index in [9.17, 15) is 0 Å². The maximum Gasteiger partial charge on any atom is 0.0838 e. The summed E-state index contributed by atoms with van der Waals surface area (Å²) in [7, 11) is 1.73. The Bertz CT molecular complexity index is 560. The molecule has 1 nitrogen and oxygen atoms in total. The summed E-state index contributed by atoms with van der Waals surface area (Å²) in [6, 6.07) is 14.8. The fourth-order valence-electron chi connectivity index (χ4n) is 2.30. The summed E-state index contributed by atoms with van der Waals surface area (Å²) in [4.78, 5) is 0. The molecule has 0 fully saturated rings. The highest BCUT2D eigenvalue weighted by Gasteiger charge is 2.13. The van der Waals surface area contributed by atoms with Gasteiger partial charge in [0.15, 0.2) is 0 Å². The third kappa shape index (κ3) is 3.41. The summed E-state index contributed by atoms with van der Waals surface area (Å²) in [5, 5.41) is -0.0913. The Hall–Kier alpha value is -1.31. The molecule has 0 radical (unpaired) electrons. The van der Waals surface area contributed by atoms with Gasteiger partial charge < -0.3 is 4.74 Å². The van der Waals surface area contributed by atoms with Crippen LogP contribution in [-0.4, -0.2) is 13.7 Å². The Labute approximate surface area is 126 Å². The van der Waals surface area contributed by atoms with Gasteiger partial charge in [0.2, 0.25) is 0 Å². The zero-order chi connectivity index (χ0) is 14.5. The number of hydrogen-bond acceptors (Lipinski definition) is 1. The highest BCUT2D eigenvalue weighted by molar-refractivity contribution is 6.22. The highest BCUT2D eigenvalue weighted by atomic mass is 35.5. The van der Waals surface area contributed by atoms with Crippen molar-refractivity contribution in [1.82, 2.24) is 0 Å². The van der Waals surface area contributed by atoms with Crippen LogP contribution in [0.25, 0.3) is 0 Å². The van der Waals surface area contributed by atoms with Gasteiger partial charge in [-0.25, -0.2) is 0 Å².